The second kappa shape index (κ2) is 21.5. The van der Waals surface area contributed by atoms with Crippen molar-refractivity contribution in [1.82, 2.24) is 0 Å². The summed E-state index contributed by atoms with van der Waals surface area (Å²) in [5, 5.41) is 0. The fourth-order valence-electron chi connectivity index (χ4n) is 5.94. The predicted molar refractivity (Wildman–Crippen MR) is 218 cm³/mol. The van der Waals surface area contributed by atoms with Crippen molar-refractivity contribution in [1.29, 1.82) is 0 Å². The summed E-state index contributed by atoms with van der Waals surface area (Å²) in [6, 6.07) is 36.1. The SMILES string of the molecule is C#Cc1cc(OCCCCCCOc2ccc(-c3ccc(OC)cc3)cc2)c(C#C)cc1OCCCCCCOc1ccc(-c2ccc(OC)cc2)cc1. The summed E-state index contributed by atoms with van der Waals surface area (Å²) < 4.78 is 34.5. The zero-order valence-electron chi connectivity index (χ0n) is 31.5. The highest BCUT2D eigenvalue weighted by Crippen LogP contribution is 2.30. The lowest BCUT2D eigenvalue weighted by molar-refractivity contribution is 0.283. The van der Waals surface area contributed by atoms with Crippen molar-refractivity contribution in [2.45, 2.75) is 51.4 Å². The van der Waals surface area contributed by atoms with E-state index in [0.29, 0.717) is 49.1 Å². The van der Waals surface area contributed by atoms with E-state index >= 15 is 0 Å². The maximum absolute atomic E-state index is 6.06. The number of terminal acetylenes is 2. The Hall–Kier alpha value is -5.98. The quantitative estimate of drug-likeness (QED) is 0.0524. The Morgan fingerprint density at radius 3 is 0.926 bits per heavy atom. The molecule has 5 aromatic carbocycles. The Balaban J connectivity index is 0.923. The van der Waals surface area contributed by atoms with Crippen LogP contribution in [-0.2, 0) is 0 Å². The summed E-state index contributed by atoms with van der Waals surface area (Å²) in [6.07, 6.45) is 19.6. The van der Waals surface area contributed by atoms with E-state index in [4.69, 9.17) is 41.3 Å². The van der Waals surface area contributed by atoms with Gasteiger partial charge >= 0.3 is 0 Å². The van der Waals surface area contributed by atoms with E-state index < -0.39 is 0 Å². The van der Waals surface area contributed by atoms with Crippen molar-refractivity contribution in [2.24, 2.45) is 0 Å². The largest absolute Gasteiger partial charge is 0.497 e. The number of hydrogen-bond acceptors (Lipinski definition) is 6. The van der Waals surface area contributed by atoms with Crippen LogP contribution in [-0.4, -0.2) is 40.6 Å². The lowest BCUT2D eigenvalue weighted by atomic mass is 10.1. The van der Waals surface area contributed by atoms with Crippen LogP contribution >= 0.6 is 0 Å². The standard InChI is InChI=1S/C48H50O6/c1-5-37-35-48(54-34-14-10-8-12-32-52-46-29-21-42(22-30-46)40-17-25-44(50-4)26-18-40)38(6-2)36-47(37)53-33-13-9-7-11-31-51-45-27-19-41(20-28-45)39-15-23-43(49-3)24-16-39/h1-2,15-30,35-36H,7-14,31-34H2,3-4H3. The first-order valence-corrected chi connectivity index (χ1v) is 18.7. The van der Waals surface area contributed by atoms with E-state index in [1.54, 1.807) is 14.2 Å². The molecule has 6 nitrogen and oxygen atoms in total. The van der Waals surface area contributed by atoms with Gasteiger partial charge in [-0.3, -0.25) is 0 Å². The maximum atomic E-state index is 6.06. The predicted octanol–water partition coefficient (Wildman–Crippen LogP) is 11.0. The molecule has 5 rings (SSSR count). The number of methoxy groups -OCH3 is 2. The molecular formula is C48H50O6. The van der Waals surface area contributed by atoms with E-state index in [2.05, 4.69) is 60.4 Å². The molecule has 0 saturated heterocycles. The van der Waals surface area contributed by atoms with E-state index in [0.717, 1.165) is 96.6 Å². The minimum Gasteiger partial charge on any atom is -0.497 e. The van der Waals surface area contributed by atoms with E-state index in [1.165, 1.54) is 0 Å². The van der Waals surface area contributed by atoms with Crippen molar-refractivity contribution in [3.63, 3.8) is 0 Å². The van der Waals surface area contributed by atoms with E-state index in [9.17, 15) is 0 Å². The van der Waals surface area contributed by atoms with E-state index in [1.807, 2.05) is 60.7 Å². The molecule has 278 valence electrons. The average molecular weight is 723 g/mol. The molecule has 0 bridgehead atoms. The number of rotatable bonds is 22. The van der Waals surface area contributed by atoms with Crippen LogP contribution < -0.4 is 28.4 Å². The van der Waals surface area contributed by atoms with Crippen LogP contribution in [0.2, 0.25) is 0 Å². The molecular weight excluding hydrogens is 673 g/mol. The van der Waals surface area contributed by atoms with Crippen molar-refractivity contribution in [3.8, 4) is 81.4 Å². The molecule has 6 heteroatoms. The van der Waals surface area contributed by atoms with E-state index in [-0.39, 0.29) is 0 Å². The number of ether oxygens (including phenoxy) is 6. The van der Waals surface area contributed by atoms with Gasteiger partial charge in [0, 0.05) is 12.1 Å². The molecule has 0 aliphatic carbocycles. The van der Waals surface area contributed by atoms with Gasteiger partial charge in [0.1, 0.15) is 34.5 Å². The second-order valence-electron chi connectivity index (χ2n) is 12.9. The molecule has 0 saturated carbocycles. The Morgan fingerprint density at radius 1 is 0.370 bits per heavy atom. The van der Waals surface area contributed by atoms with Crippen LogP contribution in [0.25, 0.3) is 22.3 Å². The molecule has 5 aromatic rings. The van der Waals surface area contributed by atoms with Crippen LogP contribution in [0.4, 0.5) is 0 Å². The van der Waals surface area contributed by atoms with Gasteiger partial charge in [0.25, 0.3) is 0 Å². The summed E-state index contributed by atoms with van der Waals surface area (Å²) in [7, 11) is 3.34. The second-order valence-corrected chi connectivity index (χ2v) is 12.9. The zero-order chi connectivity index (χ0) is 37.8. The monoisotopic (exact) mass is 722 g/mol. The minimum atomic E-state index is 0.561. The van der Waals surface area contributed by atoms with Crippen molar-refractivity contribution < 1.29 is 28.4 Å². The third kappa shape index (κ3) is 12.0. The molecule has 0 spiro atoms. The number of hydrogen-bond donors (Lipinski definition) is 0. The first kappa shape index (κ1) is 39.2. The van der Waals surface area contributed by atoms with Crippen molar-refractivity contribution in [3.05, 3.63) is 120 Å². The van der Waals surface area contributed by atoms with Gasteiger partial charge in [-0.05, 0) is 122 Å². The highest BCUT2D eigenvalue weighted by atomic mass is 16.5. The third-order valence-corrected chi connectivity index (χ3v) is 9.08. The summed E-state index contributed by atoms with van der Waals surface area (Å²) in [6.45, 7) is 2.47. The molecule has 0 fully saturated rings. The highest BCUT2D eigenvalue weighted by molar-refractivity contribution is 5.66. The van der Waals surface area contributed by atoms with Crippen LogP contribution in [0.15, 0.2) is 109 Å². The molecule has 0 aromatic heterocycles. The van der Waals surface area contributed by atoms with Gasteiger partial charge in [-0.2, -0.15) is 0 Å². The van der Waals surface area contributed by atoms with Crippen LogP contribution in [0, 0.1) is 24.7 Å². The number of benzene rings is 5. The Morgan fingerprint density at radius 2 is 0.648 bits per heavy atom. The Bertz CT molecular complexity index is 1790. The molecule has 0 amide bonds. The molecule has 54 heavy (non-hydrogen) atoms. The fourth-order valence-corrected chi connectivity index (χ4v) is 5.94. The van der Waals surface area contributed by atoms with Gasteiger partial charge in [-0.25, -0.2) is 0 Å². The van der Waals surface area contributed by atoms with Gasteiger partial charge < -0.3 is 28.4 Å². The Labute approximate surface area is 321 Å². The van der Waals surface area contributed by atoms with Crippen molar-refractivity contribution >= 4 is 0 Å². The summed E-state index contributed by atoms with van der Waals surface area (Å²) >= 11 is 0. The highest BCUT2D eigenvalue weighted by Gasteiger charge is 2.11. The molecule has 0 N–H and O–H groups in total. The van der Waals surface area contributed by atoms with Gasteiger partial charge in [0.05, 0.1) is 51.8 Å². The zero-order valence-corrected chi connectivity index (χ0v) is 31.5. The van der Waals surface area contributed by atoms with Gasteiger partial charge in [-0.1, -0.05) is 60.4 Å². The van der Waals surface area contributed by atoms with Crippen molar-refractivity contribution in [2.75, 3.05) is 40.6 Å². The lowest BCUT2D eigenvalue weighted by Gasteiger charge is -2.14. The molecule has 0 atom stereocenters. The lowest BCUT2D eigenvalue weighted by Crippen LogP contribution is -2.04. The molecule has 0 aliphatic rings. The van der Waals surface area contributed by atoms with Crippen LogP contribution in [0.1, 0.15) is 62.5 Å². The Kier molecular flexibility index (Phi) is 15.6. The maximum Gasteiger partial charge on any atom is 0.136 e. The smallest absolute Gasteiger partial charge is 0.136 e. The molecule has 0 aliphatic heterocycles. The van der Waals surface area contributed by atoms with Gasteiger partial charge in [0.2, 0.25) is 0 Å². The topological polar surface area (TPSA) is 55.4 Å². The third-order valence-electron chi connectivity index (χ3n) is 9.08. The number of unbranched alkanes of at least 4 members (excludes halogenated alkanes) is 6. The summed E-state index contributed by atoms with van der Waals surface area (Å²) in [4.78, 5) is 0. The summed E-state index contributed by atoms with van der Waals surface area (Å²) in [5.74, 6) is 10.1. The molecule has 0 heterocycles. The molecule has 0 unspecified atom stereocenters. The van der Waals surface area contributed by atoms with Crippen LogP contribution in [0.3, 0.4) is 0 Å². The summed E-state index contributed by atoms with van der Waals surface area (Å²) in [5.41, 5.74) is 5.86. The van der Waals surface area contributed by atoms with Crippen LogP contribution in [0.5, 0.6) is 34.5 Å². The van der Waals surface area contributed by atoms with Gasteiger partial charge in [-0.15, -0.1) is 12.8 Å². The minimum absolute atomic E-state index is 0.561. The first-order valence-electron chi connectivity index (χ1n) is 18.7. The average Bonchev–Trinajstić information content (AvgIpc) is 3.23. The van der Waals surface area contributed by atoms with Gasteiger partial charge in [0.15, 0.2) is 0 Å². The normalized spacial score (nSPS) is 10.5. The fraction of sp³-hybridized carbons (Fsp3) is 0.292. The molecule has 0 radical (unpaired) electrons. The first-order chi connectivity index (χ1) is 26.6.